The minimum Gasteiger partial charge on any atom is -0.389 e. The monoisotopic (exact) mass is 423 g/mol. The van der Waals surface area contributed by atoms with Gasteiger partial charge in [0.05, 0.1) is 12.7 Å². The van der Waals surface area contributed by atoms with Crippen LogP contribution in [-0.2, 0) is 16.9 Å². The highest BCUT2D eigenvalue weighted by Crippen LogP contribution is 2.40. The van der Waals surface area contributed by atoms with Gasteiger partial charge in [0.1, 0.15) is 5.60 Å². The van der Waals surface area contributed by atoms with Crippen LogP contribution in [-0.4, -0.2) is 24.4 Å². The molecule has 32 heavy (non-hydrogen) atoms. The minimum absolute atomic E-state index is 0.195. The summed E-state index contributed by atoms with van der Waals surface area (Å²) < 4.78 is 6.66. The molecule has 0 saturated heterocycles. The maximum absolute atomic E-state index is 10.7. The highest BCUT2D eigenvalue weighted by Gasteiger charge is 2.37. The molecular weight excluding hydrogens is 394 g/mol. The summed E-state index contributed by atoms with van der Waals surface area (Å²) in [5.41, 5.74) is 3.46. The van der Waals surface area contributed by atoms with E-state index in [0.29, 0.717) is 13.1 Å². The quantitative estimate of drug-likeness (QED) is 0.347. The molecule has 3 nitrogen and oxygen atoms in total. The number of nitrogens with one attached hydrogen (secondary N) is 1. The molecule has 2 N–H and O–H groups in total. The molecular formula is C29H29NO2. The zero-order valence-electron chi connectivity index (χ0n) is 18.1. The van der Waals surface area contributed by atoms with Gasteiger partial charge >= 0.3 is 0 Å². The lowest BCUT2D eigenvalue weighted by molar-refractivity contribution is -0.0372. The van der Waals surface area contributed by atoms with Crippen molar-refractivity contribution in [3.05, 3.63) is 144 Å². The van der Waals surface area contributed by atoms with Gasteiger partial charge in [0, 0.05) is 13.1 Å². The van der Waals surface area contributed by atoms with Gasteiger partial charge in [-0.1, -0.05) is 121 Å². The third kappa shape index (κ3) is 5.14. The average Bonchev–Trinajstić information content (AvgIpc) is 2.87. The van der Waals surface area contributed by atoms with Gasteiger partial charge in [-0.25, -0.2) is 0 Å². The first-order valence-corrected chi connectivity index (χ1v) is 11.0. The van der Waals surface area contributed by atoms with Crippen LogP contribution in [0.1, 0.15) is 22.3 Å². The first-order chi connectivity index (χ1) is 15.8. The van der Waals surface area contributed by atoms with Crippen molar-refractivity contribution in [2.45, 2.75) is 18.2 Å². The topological polar surface area (TPSA) is 41.5 Å². The Morgan fingerprint density at radius 1 is 0.625 bits per heavy atom. The lowest BCUT2D eigenvalue weighted by Crippen LogP contribution is -2.38. The van der Waals surface area contributed by atoms with Crippen LogP contribution >= 0.6 is 0 Å². The van der Waals surface area contributed by atoms with Gasteiger partial charge in [0.2, 0.25) is 0 Å². The third-order valence-corrected chi connectivity index (χ3v) is 5.59. The highest BCUT2D eigenvalue weighted by molar-refractivity contribution is 5.47. The Morgan fingerprint density at radius 3 is 1.47 bits per heavy atom. The summed E-state index contributed by atoms with van der Waals surface area (Å²) in [6.45, 7) is 1.35. The van der Waals surface area contributed by atoms with Gasteiger partial charge in [0.25, 0.3) is 0 Å². The molecule has 0 aromatic heterocycles. The van der Waals surface area contributed by atoms with E-state index >= 15 is 0 Å². The third-order valence-electron chi connectivity index (χ3n) is 5.59. The van der Waals surface area contributed by atoms with Crippen molar-refractivity contribution < 1.29 is 9.84 Å². The van der Waals surface area contributed by atoms with Crippen molar-refractivity contribution >= 4 is 0 Å². The van der Waals surface area contributed by atoms with Gasteiger partial charge in [-0.15, -0.1) is 0 Å². The van der Waals surface area contributed by atoms with Crippen LogP contribution in [0, 0.1) is 0 Å². The fourth-order valence-electron chi connectivity index (χ4n) is 4.03. The van der Waals surface area contributed by atoms with Crippen LogP contribution in [0.2, 0.25) is 0 Å². The van der Waals surface area contributed by atoms with Crippen LogP contribution in [0.25, 0.3) is 0 Å². The summed E-state index contributed by atoms with van der Waals surface area (Å²) in [6, 6.07) is 40.8. The number of hydrogen-bond donors (Lipinski definition) is 2. The first-order valence-electron chi connectivity index (χ1n) is 11.0. The summed E-state index contributed by atoms with van der Waals surface area (Å²) in [7, 11) is 0. The standard InChI is InChI=1S/C29H29NO2/c31-28(22-30-21-24-13-5-1-6-14-24)23-32-29(25-15-7-2-8-16-25,26-17-9-3-10-18-26)27-19-11-4-12-20-27/h1-20,28,30-31H,21-23H2/t28-/m0/s1. The molecule has 4 aromatic carbocycles. The summed E-state index contributed by atoms with van der Waals surface area (Å²) in [5.74, 6) is 0. The predicted octanol–water partition coefficient (Wildman–Crippen LogP) is 5.15. The average molecular weight is 424 g/mol. The van der Waals surface area contributed by atoms with Crippen LogP contribution in [0.3, 0.4) is 0 Å². The second-order valence-corrected chi connectivity index (χ2v) is 7.86. The Kier molecular flexibility index (Phi) is 7.47. The summed E-state index contributed by atoms with van der Waals surface area (Å²) in [4.78, 5) is 0. The predicted molar refractivity (Wildman–Crippen MR) is 129 cm³/mol. The fraction of sp³-hybridized carbons (Fsp3) is 0.172. The molecule has 0 unspecified atom stereocenters. The Balaban J connectivity index is 1.58. The van der Waals surface area contributed by atoms with E-state index < -0.39 is 11.7 Å². The van der Waals surface area contributed by atoms with E-state index in [0.717, 1.165) is 16.7 Å². The maximum Gasteiger partial charge on any atom is 0.143 e. The van der Waals surface area contributed by atoms with Gasteiger partial charge in [-0.05, 0) is 22.3 Å². The van der Waals surface area contributed by atoms with Crippen molar-refractivity contribution in [2.24, 2.45) is 0 Å². The number of aliphatic hydroxyl groups excluding tert-OH is 1. The number of benzene rings is 4. The van der Waals surface area contributed by atoms with E-state index in [4.69, 9.17) is 4.74 Å². The van der Waals surface area contributed by atoms with Crippen molar-refractivity contribution in [1.29, 1.82) is 0 Å². The van der Waals surface area contributed by atoms with Gasteiger partial charge < -0.3 is 15.2 Å². The zero-order valence-corrected chi connectivity index (χ0v) is 18.1. The Bertz CT molecular complexity index is 957. The second-order valence-electron chi connectivity index (χ2n) is 7.86. The van der Waals surface area contributed by atoms with Gasteiger partial charge in [0.15, 0.2) is 0 Å². The van der Waals surface area contributed by atoms with Crippen molar-refractivity contribution in [2.75, 3.05) is 13.2 Å². The molecule has 0 amide bonds. The SMILES string of the molecule is O[C@@H](CNCc1ccccc1)COC(c1ccccc1)(c1ccccc1)c1ccccc1. The molecule has 0 spiro atoms. The van der Waals surface area contributed by atoms with E-state index in [1.807, 2.05) is 72.8 Å². The molecule has 0 heterocycles. The van der Waals surface area contributed by atoms with Gasteiger partial charge in [-0.2, -0.15) is 0 Å². The Labute approximate surface area is 190 Å². The Hall–Kier alpha value is -3.24. The highest BCUT2D eigenvalue weighted by atomic mass is 16.5. The zero-order chi connectivity index (χ0) is 22.1. The second kappa shape index (κ2) is 10.9. The van der Waals surface area contributed by atoms with Crippen LogP contribution < -0.4 is 5.32 Å². The molecule has 4 rings (SSSR count). The van der Waals surface area contributed by atoms with Crippen molar-refractivity contribution in [3.63, 3.8) is 0 Å². The molecule has 0 radical (unpaired) electrons. The minimum atomic E-state index is -0.815. The fourth-order valence-corrected chi connectivity index (χ4v) is 4.03. The number of rotatable bonds is 10. The molecule has 0 saturated carbocycles. The number of ether oxygens (including phenoxy) is 1. The lowest BCUT2D eigenvalue weighted by atomic mass is 9.80. The van der Waals surface area contributed by atoms with E-state index in [2.05, 4.69) is 53.8 Å². The van der Waals surface area contributed by atoms with E-state index in [1.54, 1.807) is 0 Å². The van der Waals surface area contributed by atoms with Crippen LogP contribution in [0.5, 0.6) is 0 Å². The van der Waals surface area contributed by atoms with Crippen LogP contribution in [0.4, 0.5) is 0 Å². The largest absolute Gasteiger partial charge is 0.389 e. The molecule has 0 bridgehead atoms. The van der Waals surface area contributed by atoms with Crippen molar-refractivity contribution in [1.82, 2.24) is 5.32 Å². The summed E-state index contributed by atoms with van der Waals surface area (Å²) in [6.07, 6.45) is -0.644. The maximum atomic E-state index is 10.7. The van der Waals surface area contributed by atoms with Crippen molar-refractivity contribution in [3.8, 4) is 0 Å². The lowest BCUT2D eigenvalue weighted by Gasteiger charge is -2.36. The number of hydrogen-bond acceptors (Lipinski definition) is 3. The number of aliphatic hydroxyl groups is 1. The van der Waals surface area contributed by atoms with E-state index in [1.165, 1.54) is 5.56 Å². The van der Waals surface area contributed by atoms with Gasteiger partial charge in [-0.3, -0.25) is 0 Å². The van der Waals surface area contributed by atoms with Crippen LogP contribution in [0.15, 0.2) is 121 Å². The normalized spacial score (nSPS) is 12.4. The van der Waals surface area contributed by atoms with E-state index in [-0.39, 0.29) is 6.61 Å². The molecule has 0 aliphatic carbocycles. The summed E-state index contributed by atoms with van der Waals surface area (Å²) >= 11 is 0. The molecule has 1 atom stereocenters. The first kappa shape index (κ1) is 22.0. The smallest absolute Gasteiger partial charge is 0.143 e. The Morgan fingerprint density at radius 2 is 1.03 bits per heavy atom. The molecule has 4 aromatic rings. The molecule has 162 valence electrons. The van der Waals surface area contributed by atoms with E-state index in [9.17, 15) is 5.11 Å². The molecule has 0 aliphatic heterocycles. The molecule has 0 aliphatic rings. The molecule has 3 heteroatoms. The summed E-state index contributed by atoms with van der Waals surface area (Å²) in [5, 5.41) is 14.1. The molecule has 0 fully saturated rings.